The summed E-state index contributed by atoms with van der Waals surface area (Å²) >= 11 is 0. The van der Waals surface area contributed by atoms with E-state index in [1.165, 1.54) is 0 Å². The van der Waals surface area contributed by atoms with E-state index >= 15 is 0 Å². The van der Waals surface area contributed by atoms with Gasteiger partial charge in [0.1, 0.15) is 5.69 Å². The van der Waals surface area contributed by atoms with E-state index in [4.69, 9.17) is 0 Å². The summed E-state index contributed by atoms with van der Waals surface area (Å²) in [5, 5.41) is 2.99. The molecule has 6 nitrogen and oxygen atoms in total. The highest BCUT2D eigenvalue weighted by Gasteiger charge is 2.18. The van der Waals surface area contributed by atoms with Gasteiger partial charge in [-0.2, -0.15) is 0 Å². The molecule has 0 bridgehead atoms. The van der Waals surface area contributed by atoms with Crippen LogP contribution in [0.4, 0.5) is 11.6 Å². The molecule has 1 N–H and O–H groups in total. The second kappa shape index (κ2) is 7.61. The number of nitrogens with zero attached hydrogens (tertiary/aromatic N) is 4. The summed E-state index contributed by atoms with van der Waals surface area (Å²) in [6.45, 7) is 7.92. The smallest absolute Gasteiger partial charge is 0.274 e. The second-order valence-corrected chi connectivity index (χ2v) is 6.73. The molecule has 1 aliphatic rings. The van der Waals surface area contributed by atoms with Crippen molar-refractivity contribution in [3.63, 3.8) is 0 Å². The van der Waals surface area contributed by atoms with Crippen LogP contribution in [0.1, 0.15) is 35.8 Å². The van der Waals surface area contributed by atoms with Crippen LogP contribution in [0.3, 0.4) is 0 Å². The number of amides is 1. The van der Waals surface area contributed by atoms with Crippen molar-refractivity contribution < 1.29 is 4.79 Å². The largest absolute Gasteiger partial charge is 0.338 e. The highest BCUT2D eigenvalue weighted by molar-refractivity contribution is 6.03. The Morgan fingerprint density at radius 2 is 1.84 bits per heavy atom. The van der Waals surface area contributed by atoms with E-state index < -0.39 is 0 Å². The molecule has 1 fully saturated rings. The fourth-order valence-corrected chi connectivity index (χ4v) is 2.93. The Labute approximate surface area is 148 Å². The number of para-hydroxylation sites is 1. The van der Waals surface area contributed by atoms with Crippen molar-refractivity contribution in [2.45, 2.75) is 19.8 Å². The third kappa shape index (κ3) is 4.14. The number of piperazine rings is 1. The zero-order chi connectivity index (χ0) is 17.8. The average molecular weight is 339 g/mol. The number of carbonyl (C=O) groups excluding carboxylic acids is 1. The van der Waals surface area contributed by atoms with Crippen molar-refractivity contribution in [3.05, 3.63) is 47.8 Å². The SMILES string of the molecule is CC(C)c1ccccc1NC(=O)c1ccnc(N2CCN(C)CC2)n1. The van der Waals surface area contributed by atoms with E-state index in [-0.39, 0.29) is 5.91 Å². The molecule has 2 aromatic rings. The van der Waals surface area contributed by atoms with E-state index in [2.05, 4.69) is 46.0 Å². The van der Waals surface area contributed by atoms with E-state index in [9.17, 15) is 4.79 Å². The van der Waals surface area contributed by atoms with Gasteiger partial charge < -0.3 is 15.1 Å². The van der Waals surface area contributed by atoms with Crippen LogP contribution in [0, 0.1) is 0 Å². The van der Waals surface area contributed by atoms with Crippen molar-refractivity contribution in [1.82, 2.24) is 14.9 Å². The first-order valence-electron chi connectivity index (χ1n) is 8.71. The number of anilines is 2. The van der Waals surface area contributed by atoms with Crippen LogP contribution in [0.2, 0.25) is 0 Å². The Morgan fingerprint density at radius 1 is 1.12 bits per heavy atom. The Balaban J connectivity index is 1.76. The molecule has 1 amide bonds. The van der Waals surface area contributed by atoms with E-state index in [0.29, 0.717) is 17.6 Å². The molecule has 0 unspecified atom stereocenters. The number of carbonyl (C=O) groups is 1. The van der Waals surface area contributed by atoms with Crippen molar-refractivity contribution in [3.8, 4) is 0 Å². The summed E-state index contributed by atoms with van der Waals surface area (Å²) in [6, 6.07) is 9.54. The molecule has 1 aromatic heterocycles. The van der Waals surface area contributed by atoms with E-state index in [1.54, 1.807) is 12.3 Å². The lowest BCUT2D eigenvalue weighted by Gasteiger charge is -2.32. The van der Waals surface area contributed by atoms with Gasteiger partial charge in [0.25, 0.3) is 5.91 Å². The quantitative estimate of drug-likeness (QED) is 0.928. The third-order valence-corrected chi connectivity index (χ3v) is 4.49. The van der Waals surface area contributed by atoms with Crippen molar-refractivity contribution >= 4 is 17.5 Å². The molecule has 132 valence electrons. The van der Waals surface area contributed by atoms with Crippen molar-refractivity contribution in [2.75, 3.05) is 43.4 Å². The van der Waals surface area contributed by atoms with Gasteiger partial charge in [-0.05, 0) is 30.7 Å². The lowest BCUT2D eigenvalue weighted by molar-refractivity contribution is 0.102. The highest BCUT2D eigenvalue weighted by atomic mass is 16.1. The number of hydrogen-bond donors (Lipinski definition) is 1. The fourth-order valence-electron chi connectivity index (χ4n) is 2.93. The number of hydrogen-bond acceptors (Lipinski definition) is 5. The van der Waals surface area contributed by atoms with E-state index in [1.807, 2.05) is 24.3 Å². The minimum Gasteiger partial charge on any atom is -0.338 e. The number of likely N-dealkylation sites (N-methyl/N-ethyl adjacent to an activating group) is 1. The lowest BCUT2D eigenvalue weighted by atomic mass is 10.0. The summed E-state index contributed by atoms with van der Waals surface area (Å²) in [5.41, 5.74) is 2.34. The summed E-state index contributed by atoms with van der Waals surface area (Å²) in [4.78, 5) is 25.9. The van der Waals surface area contributed by atoms with Gasteiger partial charge in [-0.25, -0.2) is 9.97 Å². The van der Waals surface area contributed by atoms with Gasteiger partial charge in [0, 0.05) is 38.1 Å². The molecule has 0 aliphatic carbocycles. The first-order valence-corrected chi connectivity index (χ1v) is 8.71. The maximum absolute atomic E-state index is 12.6. The van der Waals surface area contributed by atoms with Gasteiger partial charge in [0.2, 0.25) is 5.95 Å². The minimum absolute atomic E-state index is 0.203. The maximum atomic E-state index is 12.6. The Bertz CT molecular complexity index is 738. The minimum atomic E-state index is -0.203. The molecule has 25 heavy (non-hydrogen) atoms. The normalized spacial score (nSPS) is 15.4. The molecule has 0 saturated carbocycles. The zero-order valence-electron chi connectivity index (χ0n) is 15.1. The van der Waals surface area contributed by atoms with Gasteiger partial charge in [-0.1, -0.05) is 32.0 Å². The van der Waals surface area contributed by atoms with Crippen molar-refractivity contribution in [2.24, 2.45) is 0 Å². The predicted octanol–water partition coefficient (Wildman–Crippen LogP) is 2.60. The molecular formula is C19H25N5O. The summed E-state index contributed by atoms with van der Waals surface area (Å²) < 4.78 is 0. The lowest BCUT2D eigenvalue weighted by Crippen LogP contribution is -2.45. The number of nitrogens with one attached hydrogen (secondary N) is 1. The van der Waals surface area contributed by atoms with Gasteiger partial charge in [-0.15, -0.1) is 0 Å². The molecule has 1 saturated heterocycles. The number of benzene rings is 1. The first-order chi connectivity index (χ1) is 12.0. The average Bonchev–Trinajstić information content (AvgIpc) is 2.62. The van der Waals surface area contributed by atoms with Gasteiger partial charge in [-0.3, -0.25) is 4.79 Å². The molecule has 3 rings (SSSR count). The van der Waals surface area contributed by atoms with Crippen molar-refractivity contribution in [1.29, 1.82) is 0 Å². The molecule has 0 radical (unpaired) electrons. The van der Waals surface area contributed by atoms with Gasteiger partial charge >= 0.3 is 0 Å². The Morgan fingerprint density at radius 3 is 2.56 bits per heavy atom. The molecule has 0 spiro atoms. The topological polar surface area (TPSA) is 61.4 Å². The van der Waals surface area contributed by atoms with Crippen LogP contribution in [-0.2, 0) is 0 Å². The van der Waals surface area contributed by atoms with Crippen LogP contribution in [0.5, 0.6) is 0 Å². The van der Waals surface area contributed by atoms with Crippen LogP contribution in [-0.4, -0.2) is 54.0 Å². The molecule has 2 heterocycles. The first kappa shape index (κ1) is 17.4. The van der Waals surface area contributed by atoms with Gasteiger partial charge in [0.15, 0.2) is 0 Å². The third-order valence-electron chi connectivity index (χ3n) is 4.49. The monoisotopic (exact) mass is 339 g/mol. The van der Waals surface area contributed by atoms with Crippen LogP contribution < -0.4 is 10.2 Å². The standard InChI is InChI=1S/C19H25N5O/c1-14(2)15-6-4-5-7-16(15)21-18(25)17-8-9-20-19(22-17)24-12-10-23(3)11-13-24/h4-9,14H,10-13H2,1-3H3,(H,21,25). The molecular weight excluding hydrogens is 314 g/mol. The number of rotatable bonds is 4. The van der Waals surface area contributed by atoms with Crippen LogP contribution in [0.25, 0.3) is 0 Å². The fraction of sp³-hybridized carbons (Fsp3) is 0.421. The van der Waals surface area contributed by atoms with Crippen LogP contribution >= 0.6 is 0 Å². The second-order valence-electron chi connectivity index (χ2n) is 6.73. The highest BCUT2D eigenvalue weighted by Crippen LogP contribution is 2.24. The molecule has 1 aromatic carbocycles. The van der Waals surface area contributed by atoms with E-state index in [0.717, 1.165) is 37.4 Å². The molecule has 6 heteroatoms. The molecule has 1 aliphatic heterocycles. The van der Waals surface area contributed by atoms with Gasteiger partial charge in [0.05, 0.1) is 0 Å². The maximum Gasteiger partial charge on any atom is 0.274 e. The zero-order valence-corrected chi connectivity index (χ0v) is 15.1. The Hall–Kier alpha value is -2.47. The molecule has 0 atom stereocenters. The predicted molar refractivity (Wildman–Crippen MR) is 100 cm³/mol. The number of aromatic nitrogens is 2. The summed E-state index contributed by atoms with van der Waals surface area (Å²) in [7, 11) is 2.11. The van der Waals surface area contributed by atoms with Crippen LogP contribution in [0.15, 0.2) is 36.5 Å². The Kier molecular flexibility index (Phi) is 5.28. The summed E-state index contributed by atoms with van der Waals surface area (Å²) in [5.74, 6) is 0.756. The summed E-state index contributed by atoms with van der Waals surface area (Å²) in [6.07, 6.45) is 1.66.